The van der Waals surface area contributed by atoms with Crippen molar-refractivity contribution >= 4 is 28.5 Å². The minimum absolute atomic E-state index is 0.0503. The number of pyridine rings is 2. The second kappa shape index (κ2) is 8.00. The predicted octanol–water partition coefficient (Wildman–Crippen LogP) is 2.80. The maximum absolute atomic E-state index is 13.2. The van der Waals surface area contributed by atoms with Crippen molar-refractivity contribution in [3.8, 4) is 0 Å². The van der Waals surface area contributed by atoms with Crippen molar-refractivity contribution in [2.45, 2.75) is 6.54 Å². The van der Waals surface area contributed by atoms with E-state index in [4.69, 9.17) is 5.73 Å². The van der Waals surface area contributed by atoms with Gasteiger partial charge in [-0.25, -0.2) is 4.98 Å². The fraction of sp³-hybridized carbons (Fsp3) is 0.0435. The van der Waals surface area contributed by atoms with E-state index >= 15 is 0 Å². The number of nitrogens with two attached hydrogens (primary N) is 1. The van der Waals surface area contributed by atoms with Crippen LogP contribution >= 0.6 is 0 Å². The van der Waals surface area contributed by atoms with E-state index in [2.05, 4.69) is 10.3 Å². The van der Waals surface area contributed by atoms with Crippen molar-refractivity contribution in [2.24, 2.45) is 5.73 Å². The summed E-state index contributed by atoms with van der Waals surface area (Å²) in [6.45, 7) is 0.270. The molecule has 2 amide bonds. The smallest absolute Gasteiger partial charge is 0.265 e. The number of carbonyl (C=O) groups is 2. The van der Waals surface area contributed by atoms with Crippen molar-refractivity contribution in [3.05, 3.63) is 106 Å². The first-order valence-corrected chi connectivity index (χ1v) is 9.27. The first-order chi connectivity index (χ1) is 14.5. The van der Waals surface area contributed by atoms with Crippen molar-refractivity contribution in [1.29, 1.82) is 0 Å². The van der Waals surface area contributed by atoms with Crippen LogP contribution in [0.15, 0.2) is 83.8 Å². The van der Waals surface area contributed by atoms with E-state index in [0.717, 1.165) is 5.56 Å². The number of aromatic nitrogens is 2. The number of hydrogen-bond acceptors (Lipinski definition) is 4. The Morgan fingerprint density at radius 2 is 1.67 bits per heavy atom. The number of hydrogen-bond donors (Lipinski definition) is 2. The van der Waals surface area contributed by atoms with Crippen LogP contribution in [0.3, 0.4) is 0 Å². The summed E-state index contributed by atoms with van der Waals surface area (Å²) in [5, 5.41) is 3.29. The van der Waals surface area contributed by atoms with Crippen LogP contribution in [0.25, 0.3) is 11.0 Å². The number of para-hydroxylation sites is 1. The third-order valence-electron chi connectivity index (χ3n) is 4.72. The number of benzene rings is 2. The highest BCUT2D eigenvalue weighted by atomic mass is 16.2. The number of carbonyl (C=O) groups excluding carboxylic acids is 2. The highest BCUT2D eigenvalue weighted by Gasteiger charge is 2.18. The lowest BCUT2D eigenvalue weighted by molar-refractivity contribution is 0.100. The van der Waals surface area contributed by atoms with Crippen LogP contribution < -0.4 is 16.6 Å². The lowest BCUT2D eigenvalue weighted by Gasteiger charge is -2.13. The van der Waals surface area contributed by atoms with Crippen LogP contribution in [0.1, 0.15) is 26.3 Å². The first kappa shape index (κ1) is 19.1. The number of rotatable bonds is 5. The van der Waals surface area contributed by atoms with Gasteiger partial charge in [0.2, 0.25) is 0 Å². The van der Waals surface area contributed by atoms with Crippen LogP contribution in [0, 0.1) is 0 Å². The summed E-state index contributed by atoms with van der Waals surface area (Å²) in [7, 11) is 0. The second-order valence-electron chi connectivity index (χ2n) is 6.72. The molecule has 0 fully saturated rings. The lowest BCUT2D eigenvalue weighted by Crippen LogP contribution is -2.30. The van der Waals surface area contributed by atoms with E-state index in [9.17, 15) is 14.4 Å². The monoisotopic (exact) mass is 398 g/mol. The van der Waals surface area contributed by atoms with E-state index in [-0.39, 0.29) is 23.4 Å². The van der Waals surface area contributed by atoms with Gasteiger partial charge in [0, 0.05) is 11.6 Å². The number of nitrogens with zero attached hydrogens (tertiary/aromatic N) is 2. The molecular formula is C23H18N4O3. The summed E-state index contributed by atoms with van der Waals surface area (Å²) in [6.07, 6.45) is 1.60. The number of amides is 2. The largest absolute Gasteiger partial charge is 0.366 e. The zero-order chi connectivity index (χ0) is 21.1. The molecule has 0 bridgehead atoms. The summed E-state index contributed by atoms with van der Waals surface area (Å²) in [6, 6.07) is 20.9. The third-order valence-corrected chi connectivity index (χ3v) is 4.72. The maximum atomic E-state index is 13.2. The Labute approximate surface area is 171 Å². The molecule has 0 saturated carbocycles. The van der Waals surface area contributed by atoms with E-state index in [0.29, 0.717) is 11.0 Å². The Morgan fingerprint density at radius 3 is 2.43 bits per heavy atom. The Morgan fingerprint density at radius 1 is 0.933 bits per heavy atom. The van der Waals surface area contributed by atoms with Crippen molar-refractivity contribution in [3.63, 3.8) is 0 Å². The molecule has 2 aromatic heterocycles. The number of nitrogens with one attached hydrogen (secondary N) is 1. The van der Waals surface area contributed by atoms with Gasteiger partial charge in [-0.15, -0.1) is 0 Å². The van der Waals surface area contributed by atoms with Gasteiger partial charge >= 0.3 is 0 Å². The molecule has 0 saturated heterocycles. The zero-order valence-electron chi connectivity index (χ0n) is 15.9. The van der Waals surface area contributed by atoms with Crippen LogP contribution in [0.2, 0.25) is 0 Å². The second-order valence-corrected chi connectivity index (χ2v) is 6.72. The van der Waals surface area contributed by atoms with Gasteiger partial charge in [0.25, 0.3) is 17.4 Å². The van der Waals surface area contributed by atoms with Crippen LogP contribution in [0.5, 0.6) is 0 Å². The average Bonchev–Trinajstić information content (AvgIpc) is 2.76. The molecule has 0 aliphatic heterocycles. The Bertz CT molecular complexity index is 1310. The molecule has 0 aliphatic carbocycles. The zero-order valence-corrected chi connectivity index (χ0v) is 15.9. The van der Waals surface area contributed by atoms with Crippen LogP contribution in [-0.4, -0.2) is 21.4 Å². The van der Waals surface area contributed by atoms with Gasteiger partial charge < -0.3 is 11.1 Å². The topological polar surface area (TPSA) is 107 Å². The molecule has 2 aromatic carbocycles. The van der Waals surface area contributed by atoms with E-state index in [1.165, 1.54) is 16.7 Å². The van der Waals surface area contributed by atoms with Gasteiger partial charge in [0.15, 0.2) is 0 Å². The van der Waals surface area contributed by atoms with Crippen molar-refractivity contribution in [1.82, 2.24) is 9.55 Å². The summed E-state index contributed by atoms with van der Waals surface area (Å²) in [5.41, 5.74) is 6.66. The third kappa shape index (κ3) is 3.68. The number of fused-ring (bicyclic) bond motifs is 1. The summed E-state index contributed by atoms with van der Waals surface area (Å²) in [5.74, 6) is -1.30. The molecule has 4 aromatic rings. The normalized spacial score (nSPS) is 10.7. The summed E-state index contributed by atoms with van der Waals surface area (Å²) in [4.78, 5) is 42.1. The molecule has 7 heteroatoms. The Hall–Kier alpha value is -4.26. The average molecular weight is 398 g/mol. The Kier molecular flexibility index (Phi) is 5.09. The highest BCUT2D eigenvalue weighted by Crippen LogP contribution is 2.17. The molecule has 30 heavy (non-hydrogen) atoms. The van der Waals surface area contributed by atoms with Crippen LogP contribution in [0.4, 0.5) is 5.69 Å². The molecule has 4 rings (SSSR count). The Balaban J connectivity index is 1.80. The van der Waals surface area contributed by atoms with E-state index < -0.39 is 17.4 Å². The molecule has 0 aliphatic rings. The fourth-order valence-corrected chi connectivity index (χ4v) is 3.28. The van der Waals surface area contributed by atoms with Gasteiger partial charge in [0.05, 0.1) is 17.8 Å². The minimum atomic E-state index is -0.671. The SMILES string of the molecule is NC(=O)c1ccccc1NC(=O)c1cc2cccnc2n(Cc2ccccc2)c1=O. The molecule has 148 valence electrons. The maximum Gasteiger partial charge on any atom is 0.265 e. The molecule has 0 spiro atoms. The predicted molar refractivity (Wildman–Crippen MR) is 114 cm³/mol. The van der Waals surface area contributed by atoms with Gasteiger partial charge in [-0.05, 0) is 35.9 Å². The van der Waals surface area contributed by atoms with E-state index in [1.807, 2.05) is 30.3 Å². The first-order valence-electron chi connectivity index (χ1n) is 9.27. The molecule has 0 atom stereocenters. The van der Waals surface area contributed by atoms with Gasteiger partial charge in [-0.2, -0.15) is 0 Å². The summed E-state index contributed by atoms with van der Waals surface area (Å²) >= 11 is 0. The number of anilines is 1. The highest BCUT2D eigenvalue weighted by molar-refractivity contribution is 6.09. The fourth-order valence-electron chi connectivity index (χ4n) is 3.28. The minimum Gasteiger partial charge on any atom is -0.366 e. The van der Waals surface area contributed by atoms with Gasteiger partial charge in [-0.1, -0.05) is 42.5 Å². The molecule has 7 nitrogen and oxygen atoms in total. The molecule has 3 N–H and O–H groups in total. The summed E-state index contributed by atoms with van der Waals surface area (Å²) < 4.78 is 1.47. The van der Waals surface area contributed by atoms with Gasteiger partial charge in [-0.3, -0.25) is 19.0 Å². The quantitative estimate of drug-likeness (QED) is 0.539. The molecule has 0 radical (unpaired) electrons. The molecular weight excluding hydrogens is 380 g/mol. The standard InChI is InChI=1S/C23H18N4O3/c24-20(28)17-10-4-5-11-19(17)26-22(29)18-13-16-9-6-12-25-21(16)27(23(18)30)14-15-7-2-1-3-8-15/h1-13H,14H2,(H2,24,28)(H,26,29). The molecule has 2 heterocycles. The number of primary amides is 1. The van der Waals surface area contributed by atoms with E-state index in [1.54, 1.807) is 36.5 Å². The van der Waals surface area contributed by atoms with Crippen molar-refractivity contribution in [2.75, 3.05) is 5.32 Å². The molecule has 0 unspecified atom stereocenters. The van der Waals surface area contributed by atoms with Crippen molar-refractivity contribution < 1.29 is 9.59 Å². The van der Waals surface area contributed by atoms with Crippen LogP contribution in [-0.2, 0) is 6.54 Å². The van der Waals surface area contributed by atoms with Gasteiger partial charge in [0.1, 0.15) is 11.2 Å². The lowest BCUT2D eigenvalue weighted by atomic mass is 10.1.